The van der Waals surface area contributed by atoms with Gasteiger partial charge in [0.15, 0.2) is 0 Å². The van der Waals surface area contributed by atoms with Crippen LogP contribution in [0.15, 0.2) is 24.3 Å². The summed E-state index contributed by atoms with van der Waals surface area (Å²) in [5, 5.41) is 9.07. The maximum Gasteiger partial charge on any atom is 0.310 e. The summed E-state index contributed by atoms with van der Waals surface area (Å²) in [5.41, 5.74) is 1.63. The first-order chi connectivity index (χ1) is 8.11. The number of carboxylic acids is 1. The van der Waals surface area contributed by atoms with Crippen LogP contribution in [-0.2, 0) is 14.3 Å². The normalized spacial score (nSPS) is 14.3. The van der Waals surface area contributed by atoms with Crippen molar-refractivity contribution in [3.8, 4) is 0 Å². The smallest absolute Gasteiger partial charge is 0.310 e. The summed E-state index contributed by atoms with van der Waals surface area (Å²) in [4.78, 5) is 11.0. The second-order valence-electron chi connectivity index (χ2n) is 3.87. The van der Waals surface area contributed by atoms with Crippen LogP contribution in [0.25, 0.3) is 0 Å². The summed E-state index contributed by atoms with van der Waals surface area (Å²) in [6.45, 7) is 2.07. The summed E-state index contributed by atoms with van der Waals surface area (Å²) < 4.78 is 10.4. The number of hydrogen-bond acceptors (Lipinski definition) is 3. The largest absolute Gasteiger partial charge is 0.481 e. The highest BCUT2D eigenvalue weighted by Crippen LogP contribution is 2.27. The van der Waals surface area contributed by atoms with Crippen molar-refractivity contribution in [1.82, 2.24) is 0 Å². The lowest BCUT2D eigenvalue weighted by molar-refractivity contribution is -0.138. The summed E-state index contributed by atoms with van der Waals surface area (Å²) in [6, 6.07) is 7.39. The standard InChI is InChI=1S/C13H18O4/c1-9(13(14)15)10-6-4-5-7-11(10)12(17-3)8-16-2/h4-7,9,12H,8H2,1-3H3,(H,14,15). The second kappa shape index (κ2) is 6.37. The molecule has 0 aromatic heterocycles. The van der Waals surface area contributed by atoms with Gasteiger partial charge in [-0.05, 0) is 18.1 Å². The average molecular weight is 238 g/mol. The molecule has 2 atom stereocenters. The van der Waals surface area contributed by atoms with Crippen LogP contribution in [0.2, 0.25) is 0 Å². The SMILES string of the molecule is COCC(OC)c1ccccc1C(C)C(=O)O. The first kappa shape index (κ1) is 13.7. The Labute approximate surface area is 101 Å². The minimum absolute atomic E-state index is 0.238. The van der Waals surface area contributed by atoms with Crippen molar-refractivity contribution in [1.29, 1.82) is 0 Å². The fourth-order valence-electron chi connectivity index (χ4n) is 1.77. The zero-order chi connectivity index (χ0) is 12.8. The van der Waals surface area contributed by atoms with Gasteiger partial charge in [0.2, 0.25) is 0 Å². The number of methoxy groups -OCH3 is 2. The van der Waals surface area contributed by atoms with Crippen molar-refractivity contribution in [2.75, 3.05) is 20.8 Å². The predicted molar refractivity (Wildman–Crippen MR) is 64.1 cm³/mol. The van der Waals surface area contributed by atoms with Crippen molar-refractivity contribution >= 4 is 5.97 Å². The van der Waals surface area contributed by atoms with Crippen molar-refractivity contribution in [2.45, 2.75) is 18.9 Å². The Bertz CT molecular complexity index is 375. The van der Waals surface area contributed by atoms with Crippen LogP contribution >= 0.6 is 0 Å². The predicted octanol–water partition coefficient (Wildman–Crippen LogP) is 2.21. The van der Waals surface area contributed by atoms with Crippen LogP contribution in [0.4, 0.5) is 0 Å². The number of benzene rings is 1. The van der Waals surface area contributed by atoms with E-state index in [4.69, 9.17) is 14.6 Å². The van der Waals surface area contributed by atoms with Crippen molar-refractivity contribution in [3.63, 3.8) is 0 Å². The third-order valence-corrected chi connectivity index (χ3v) is 2.78. The molecule has 0 amide bonds. The van der Waals surface area contributed by atoms with Gasteiger partial charge in [-0.3, -0.25) is 4.79 Å². The summed E-state index contributed by atoms with van der Waals surface area (Å²) in [6.07, 6.45) is -0.238. The second-order valence-corrected chi connectivity index (χ2v) is 3.87. The van der Waals surface area contributed by atoms with E-state index in [2.05, 4.69) is 0 Å². The van der Waals surface area contributed by atoms with E-state index in [0.717, 1.165) is 11.1 Å². The highest BCUT2D eigenvalue weighted by Gasteiger charge is 2.21. The zero-order valence-electron chi connectivity index (χ0n) is 10.3. The first-order valence-electron chi connectivity index (χ1n) is 5.45. The van der Waals surface area contributed by atoms with Crippen LogP contribution in [-0.4, -0.2) is 31.9 Å². The van der Waals surface area contributed by atoms with Crippen LogP contribution in [0.3, 0.4) is 0 Å². The van der Waals surface area contributed by atoms with Crippen LogP contribution in [0.1, 0.15) is 30.1 Å². The molecule has 0 aliphatic carbocycles. The molecule has 0 saturated heterocycles. The molecule has 0 aliphatic heterocycles. The van der Waals surface area contributed by atoms with Gasteiger partial charge >= 0.3 is 5.97 Å². The maximum atomic E-state index is 11.0. The van der Waals surface area contributed by atoms with E-state index in [0.29, 0.717) is 6.61 Å². The number of carbonyl (C=O) groups is 1. The molecular formula is C13H18O4. The number of rotatable bonds is 6. The van der Waals surface area contributed by atoms with E-state index in [1.165, 1.54) is 0 Å². The Hall–Kier alpha value is -1.39. The lowest BCUT2D eigenvalue weighted by atomic mass is 9.93. The fraction of sp³-hybridized carbons (Fsp3) is 0.462. The van der Waals surface area contributed by atoms with Crippen LogP contribution in [0, 0.1) is 0 Å². The van der Waals surface area contributed by atoms with Gasteiger partial charge in [0.05, 0.1) is 12.5 Å². The number of hydrogen-bond donors (Lipinski definition) is 1. The van der Waals surface area contributed by atoms with E-state index < -0.39 is 11.9 Å². The molecule has 1 aromatic rings. The molecule has 4 nitrogen and oxygen atoms in total. The van der Waals surface area contributed by atoms with Crippen molar-refractivity contribution in [3.05, 3.63) is 35.4 Å². The Balaban J connectivity index is 3.09. The Morgan fingerprint density at radius 1 is 1.29 bits per heavy atom. The van der Waals surface area contributed by atoms with E-state index in [-0.39, 0.29) is 6.10 Å². The molecule has 0 radical (unpaired) electrons. The summed E-state index contributed by atoms with van der Waals surface area (Å²) in [5.74, 6) is -1.40. The first-order valence-corrected chi connectivity index (χ1v) is 5.45. The quantitative estimate of drug-likeness (QED) is 0.825. The molecule has 0 fully saturated rings. The zero-order valence-corrected chi connectivity index (χ0v) is 10.3. The molecule has 94 valence electrons. The molecule has 17 heavy (non-hydrogen) atoms. The van der Waals surface area contributed by atoms with Crippen molar-refractivity contribution < 1.29 is 19.4 Å². The van der Waals surface area contributed by atoms with E-state index in [9.17, 15) is 4.79 Å². The highest BCUT2D eigenvalue weighted by atomic mass is 16.5. The molecule has 2 unspecified atom stereocenters. The molecular weight excluding hydrogens is 220 g/mol. The fourth-order valence-corrected chi connectivity index (χ4v) is 1.77. The lowest BCUT2D eigenvalue weighted by Gasteiger charge is -2.20. The maximum absolute atomic E-state index is 11.0. The highest BCUT2D eigenvalue weighted by molar-refractivity contribution is 5.76. The minimum Gasteiger partial charge on any atom is -0.481 e. The van der Waals surface area contributed by atoms with E-state index >= 15 is 0 Å². The number of ether oxygens (including phenoxy) is 2. The Morgan fingerprint density at radius 3 is 2.35 bits per heavy atom. The van der Waals surface area contributed by atoms with Gasteiger partial charge in [-0.1, -0.05) is 24.3 Å². The summed E-state index contributed by atoms with van der Waals surface area (Å²) >= 11 is 0. The molecule has 0 spiro atoms. The third kappa shape index (κ3) is 3.28. The average Bonchev–Trinajstić information content (AvgIpc) is 2.35. The van der Waals surface area contributed by atoms with Gasteiger partial charge in [0, 0.05) is 14.2 Å². The molecule has 4 heteroatoms. The Kier molecular flexibility index (Phi) is 5.12. The topological polar surface area (TPSA) is 55.8 Å². The molecule has 0 aliphatic rings. The van der Waals surface area contributed by atoms with Gasteiger partial charge in [0.1, 0.15) is 6.10 Å². The molecule has 1 aromatic carbocycles. The monoisotopic (exact) mass is 238 g/mol. The van der Waals surface area contributed by atoms with Gasteiger partial charge in [0.25, 0.3) is 0 Å². The van der Waals surface area contributed by atoms with E-state index in [1.807, 2.05) is 24.3 Å². The van der Waals surface area contributed by atoms with E-state index in [1.54, 1.807) is 21.1 Å². The van der Waals surface area contributed by atoms with Gasteiger partial charge < -0.3 is 14.6 Å². The summed E-state index contributed by atoms with van der Waals surface area (Å²) in [7, 11) is 3.18. The lowest BCUT2D eigenvalue weighted by Crippen LogP contribution is -2.15. The third-order valence-electron chi connectivity index (χ3n) is 2.78. The molecule has 0 bridgehead atoms. The van der Waals surface area contributed by atoms with Gasteiger partial charge in [-0.25, -0.2) is 0 Å². The molecule has 1 rings (SSSR count). The number of carboxylic acid groups (broad SMARTS) is 1. The molecule has 0 saturated carbocycles. The minimum atomic E-state index is -0.843. The van der Waals surface area contributed by atoms with Crippen LogP contribution < -0.4 is 0 Å². The van der Waals surface area contributed by atoms with Crippen molar-refractivity contribution in [2.24, 2.45) is 0 Å². The van der Waals surface area contributed by atoms with Gasteiger partial charge in [-0.2, -0.15) is 0 Å². The Morgan fingerprint density at radius 2 is 1.88 bits per heavy atom. The van der Waals surface area contributed by atoms with Gasteiger partial charge in [-0.15, -0.1) is 0 Å². The molecule has 1 N–H and O–H groups in total. The molecule has 0 heterocycles. The number of aliphatic carboxylic acids is 1. The van der Waals surface area contributed by atoms with Crippen LogP contribution in [0.5, 0.6) is 0 Å².